The van der Waals surface area contributed by atoms with Gasteiger partial charge in [0, 0.05) is 8.48 Å². The minimum Gasteiger partial charge on any atom is -0.378 e. The summed E-state index contributed by atoms with van der Waals surface area (Å²) in [6.45, 7) is 4.00. The van der Waals surface area contributed by atoms with Gasteiger partial charge in [0.2, 0.25) is 0 Å². The fraction of sp³-hybridized carbons (Fsp3) is 1.00. The molecule has 9 heavy (non-hydrogen) atoms. The van der Waals surface area contributed by atoms with Crippen molar-refractivity contribution in [2.24, 2.45) is 5.89 Å². The largest absolute Gasteiger partial charge is 0.378 e. The molecule has 0 aromatic rings. The van der Waals surface area contributed by atoms with E-state index in [4.69, 9.17) is 6.11 Å². The molecule has 0 saturated heterocycles. The van der Waals surface area contributed by atoms with Gasteiger partial charge < -0.3 is 4.74 Å². The second-order valence-electron chi connectivity index (χ2n) is 3.07. The SMILES string of the molecule is [2H][C@@]1(C)CCC[C@]1(C)OC. The van der Waals surface area contributed by atoms with E-state index < -0.39 is 0 Å². The maximum absolute atomic E-state index is 7.92. The Morgan fingerprint density at radius 1 is 1.78 bits per heavy atom. The van der Waals surface area contributed by atoms with Gasteiger partial charge in [0.15, 0.2) is 0 Å². The van der Waals surface area contributed by atoms with Crippen molar-refractivity contribution in [3.05, 3.63) is 0 Å². The van der Waals surface area contributed by atoms with Crippen molar-refractivity contribution in [1.82, 2.24) is 0 Å². The van der Waals surface area contributed by atoms with Gasteiger partial charge in [-0.25, -0.2) is 0 Å². The zero-order valence-electron chi connectivity index (χ0n) is 7.53. The summed E-state index contributed by atoms with van der Waals surface area (Å²) in [5.74, 6) is -0.373. The van der Waals surface area contributed by atoms with E-state index in [1.807, 2.05) is 13.8 Å². The number of methoxy groups -OCH3 is 1. The van der Waals surface area contributed by atoms with Gasteiger partial charge in [-0.15, -0.1) is 0 Å². The zero-order chi connectivity index (χ0) is 7.83. The minimum atomic E-state index is -0.373. The smallest absolute Gasteiger partial charge is 0.0676 e. The highest BCUT2D eigenvalue weighted by atomic mass is 16.5. The molecule has 1 saturated carbocycles. The van der Waals surface area contributed by atoms with Crippen LogP contribution in [0.4, 0.5) is 0 Å². The summed E-state index contributed by atoms with van der Waals surface area (Å²) in [5, 5.41) is 0. The molecule has 0 unspecified atom stereocenters. The molecule has 0 aliphatic heterocycles. The number of rotatable bonds is 1. The molecule has 0 amide bonds. The van der Waals surface area contributed by atoms with Gasteiger partial charge in [0.1, 0.15) is 0 Å². The Labute approximate surface area is 58.8 Å². The molecular weight excluding hydrogens is 112 g/mol. The lowest BCUT2D eigenvalue weighted by molar-refractivity contribution is -0.0196. The summed E-state index contributed by atoms with van der Waals surface area (Å²) in [6.07, 6.45) is 3.13. The maximum Gasteiger partial charge on any atom is 0.0676 e. The molecule has 1 fully saturated rings. The Morgan fingerprint density at radius 2 is 2.44 bits per heavy atom. The Hall–Kier alpha value is -0.0400. The van der Waals surface area contributed by atoms with Crippen LogP contribution >= 0.6 is 0 Å². The van der Waals surface area contributed by atoms with Gasteiger partial charge in [0.25, 0.3) is 0 Å². The van der Waals surface area contributed by atoms with Crippen LogP contribution < -0.4 is 0 Å². The monoisotopic (exact) mass is 129 g/mol. The lowest BCUT2D eigenvalue weighted by Gasteiger charge is -2.27. The van der Waals surface area contributed by atoms with Crippen LogP contribution in [-0.2, 0) is 4.74 Å². The van der Waals surface area contributed by atoms with Crippen LogP contribution in [0.15, 0.2) is 0 Å². The summed E-state index contributed by atoms with van der Waals surface area (Å²) in [7, 11) is 1.71. The fourth-order valence-corrected chi connectivity index (χ4v) is 1.44. The second kappa shape index (κ2) is 2.30. The van der Waals surface area contributed by atoms with Gasteiger partial charge in [-0.3, -0.25) is 0 Å². The average molecular weight is 129 g/mol. The summed E-state index contributed by atoms with van der Waals surface area (Å²) in [6, 6.07) is 0. The minimum absolute atomic E-state index is 0.201. The first kappa shape index (κ1) is 5.72. The van der Waals surface area contributed by atoms with E-state index in [1.165, 1.54) is 0 Å². The predicted octanol–water partition coefficient (Wildman–Crippen LogP) is 2.21. The Kier molecular flexibility index (Phi) is 1.46. The Bertz CT molecular complexity index is 133. The van der Waals surface area contributed by atoms with Crippen molar-refractivity contribution in [1.29, 1.82) is 0 Å². The zero-order valence-corrected chi connectivity index (χ0v) is 6.53. The van der Waals surface area contributed by atoms with Crippen LogP contribution in [0.2, 0.25) is 0 Å². The lowest BCUT2D eigenvalue weighted by Crippen LogP contribution is -2.29. The van der Waals surface area contributed by atoms with Gasteiger partial charge in [-0.2, -0.15) is 0 Å². The van der Waals surface area contributed by atoms with Gasteiger partial charge in [0.05, 0.1) is 5.60 Å². The summed E-state index contributed by atoms with van der Waals surface area (Å²) < 4.78 is 13.2. The topological polar surface area (TPSA) is 9.23 Å². The van der Waals surface area contributed by atoms with E-state index in [1.54, 1.807) is 7.11 Å². The first-order chi connectivity index (χ1) is 4.52. The molecule has 0 spiro atoms. The van der Waals surface area contributed by atoms with E-state index in [9.17, 15) is 0 Å². The van der Waals surface area contributed by atoms with Crippen LogP contribution in [0.1, 0.15) is 34.5 Å². The predicted molar refractivity (Wildman–Crippen MR) is 38.4 cm³/mol. The van der Waals surface area contributed by atoms with Crippen molar-refractivity contribution in [3.63, 3.8) is 0 Å². The summed E-state index contributed by atoms with van der Waals surface area (Å²) in [4.78, 5) is 0. The van der Waals surface area contributed by atoms with Gasteiger partial charge >= 0.3 is 0 Å². The van der Waals surface area contributed by atoms with Crippen LogP contribution in [0.3, 0.4) is 0 Å². The molecular formula is C8H16O. The number of ether oxygens (including phenoxy) is 1. The van der Waals surface area contributed by atoms with Crippen molar-refractivity contribution >= 4 is 0 Å². The van der Waals surface area contributed by atoms with Crippen LogP contribution in [0.5, 0.6) is 0 Å². The molecule has 1 aliphatic rings. The number of hydrogen-bond donors (Lipinski definition) is 0. The van der Waals surface area contributed by atoms with Crippen LogP contribution in [0.25, 0.3) is 0 Å². The lowest BCUT2D eigenvalue weighted by atomic mass is 9.95. The average Bonchev–Trinajstić information content (AvgIpc) is 2.10. The summed E-state index contributed by atoms with van der Waals surface area (Å²) >= 11 is 0. The van der Waals surface area contributed by atoms with E-state index in [0.717, 1.165) is 19.3 Å². The molecule has 2 atom stereocenters. The third-order valence-electron chi connectivity index (χ3n) is 2.56. The molecule has 0 heterocycles. The Balaban J connectivity index is 2.76. The van der Waals surface area contributed by atoms with Crippen LogP contribution in [-0.4, -0.2) is 12.7 Å². The normalized spacial score (nSPS) is 53.4. The van der Waals surface area contributed by atoms with Gasteiger partial charge in [-0.05, 0) is 25.7 Å². The molecule has 0 aromatic heterocycles. The molecule has 1 nitrogen and oxygen atoms in total. The third kappa shape index (κ3) is 1.11. The van der Waals surface area contributed by atoms with Crippen LogP contribution in [0, 0.1) is 5.89 Å². The Morgan fingerprint density at radius 3 is 2.67 bits per heavy atom. The van der Waals surface area contributed by atoms with E-state index in [-0.39, 0.29) is 11.5 Å². The molecule has 54 valence electrons. The quantitative estimate of drug-likeness (QED) is 0.527. The molecule has 1 rings (SSSR count). The van der Waals surface area contributed by atoms with Crippen molar-refractivity contribution in [3.8, 4) is 0 Å². The van der Waals surface area contributed by atoms with Crippen molar-refractivity contribution in [2.75, 3.05) is 7.11 Å². The first-order valence-corrected chi connectivity index (χ1v) is 3.57. The summed E-state index contributed by atoms with van der Waals surface area (Å²) in [5.41, 5.74) is -0.201. The van der Waals surface area contributed by atoms with Crippen molar-refractivity contribution < 1.29 is 6.11 Å². The van der Waals surface area contributed by atoms with Crippen molar-refractivity contribution in [2.45, 2.75) is 38.7 Å². The molecule has 0 radical (unpaired) electrons. The molecule has 1 heteroatoms. The van der Waals surface area contributed by atoms with E-state index in [2.05, 4.69) is 0 Å². The standard InChI is InChI=1S/C8H16O/c1-7-5-4-6-8(7,2)9-3/h7H,4-6H2,1-3H3/t7-,8+/m1/s1/i7D. The molecule has 0 bridgehead atoms. The second-order valence-corrected chi connectivity index (χ2v) is 3.07. The molecule has 0 aromatic carbocycles. The number of hydrogen-bond acceptors (Lipinski definition) is 1. The van der Waals surface area contributed by atoms with E-state index >= 15 is 0 Å². The highest BCUT2D eigenvalue weighted by Gasteiger charge is 2.35. The maximum atomic E-state index is 7.92. The fourth-order valence-electron chi connectivity index (χ4n) is 1.44. The molecule has 0 N–H and O–H groups in total. The third-order valence-corrected chi connectivity index (χ3v) is 2.56. The first-order valence-electron chi connectivity index (χ1n) is 4.07. The van der Waals surface area contributed by atoms with E-state index in [0.29, 0.717) is 0 Å². The highest BCUT2D eigenvalue weighted by Crippen LogP contribution is 2.37. The van der Waals surface area contributed by atoms with Gasteiger partial charge in [-0.1, -0.05) is 13.3 Å². The highest BCUT2D eigenvalue weighted by molar-refractivity contribution is 4.86. The molecule has 1 aliphatic carbocycles.